The normalized spacial score (nSPS) is 14.3. The smallest absolute Gasteiger partial charge is 0.425 e. The van der Waals surface area contributed by atoms with Crippen LogP contribution in [-0.2, 0) is 10.4 Å². The highest BCUT2D eigenvalue weighted by atomic mass is 19.4. The zero-order chi connectivity index (χ0) is 18.1. The maximum Gasteiger partial charge on any atom is 0.425 e. The molecule has 2 rings (SSSR count). The van der Waals surface area contributed by atoms with Gasteiger partial charge < -0.3 is 14.8 Å². The van der Waals surface area contributed by atoms with Gasteiger partial charge in [-0.25, -0.2) is 4.39 Å². The van der Waals surface area contributed by atoms with Gasteiger partial charge in [0.2, 0.25) is 11.5 Å². The van der Waals surface area contributed by atoms with Crippen LogP contribution in [0.2, 0.25) is 0 Å². The number of hydrogen-bond acceptors (Lipinski definition) is 3. The van der Waals surface area contributed by atoms with Crippen molar-refractivity contribution < 1.29 is 31.9 Å². The Morgan fingerprint density at radius 3 is 2.42 bits per heavy atom. The Bertz CT molecular complexity index is 754. The molecular formula is C16H15F4NO3. The first kappa shape index (κ1) is 18.0. The standard InChI is InChI=1S/C16H15F4NO3/c1-9-6-7-13(24-9)15(23,16(18,19)20)8-14(22)21-12-5-3-4-11(17)10(12)2/h3-7,23H,8H2,1-2H3,(H,21,22). The van der Waals surface area contributed by atoms with E-state index >= 15 is 0 Å². The quantitative estimate of drug-likeness (QED) is 0.828. The summed E-state index contributed by atoms with van der Waals surface area (Å²) in [6.07, 6.45) is -6.45. The van der Waals surface area contributed by atoms with E-state index in [0.717, 1.165) is 12.1 Å². The summed E-state index contributed by atoms with van der Waals surface area (Å²) in [6.45, 7) is 2.78. The van der Waals surface area contributed by atoms with Crippen LogP contribution < -0.4 is 5.32 Å². The zero-order valence-electron chi connectivity index (χ0n) is 12.9. The van der Waals surface area contributed by atoms with Crippen molar-refractivity contribution in [2.24, 2.45) is 0 Å². The van der Waals surface area contributed by atoms with Gasteiger partial charge in [0, 0.05) is 11.3 Å². The van der Waals surface area contributed by atoms with Gasteiger partial charge >= 0.3 is 6.18 Å². The second kappa shape index (κ2) is 6.27. The molecule has 0 bridgehead atoms. The van der Waals surface area contributed by atoms with Crippen molar-refractivity contribution in [3.8, 4) is 0 Å². The Morgan fingerprint density at radius 1 is 1.21 bits per heavy atom. The summed E-state index contributed by atoms with van der Waals surface area (Å²) >= 11 is 0. The molecule has 130 valence electrons. The lowest BCUT2D eigenvalue weighted by atomic mass is 9.95. The molecule has 2 N–H and O–H groups in total. The van der Waals surface area contributed by atoms with Crippen LogP contribution in [0.15, 0.2) is 34.7 Å². The molecule has 0 aliphatic rings. The molecular weight excluding hydrogens is 330 g/mol. The highest BCUT2D eigenvalue weighted by Gasteiger charge is 2.58. The van der Waals surface area contributed by atoms with Gasteiger partial charge in [-0.1, -0.05) is 6.07 Å². The van der Waals surface area contributed by atoms with Gasteiger partial charge in [0.1, 0.15) is 17.3 Å². The van der Waals surface area contributed by atoms with E-state index in [1.54, 1.807) is 0 Å². The predicted molar refractivity (Wildman–Crippen MR) is 77.8 cm³/mol. The summed E-state index contributed by atoms with van der Waals surface area (Å²) in [5.74, 6) is -2.36. The molecule has 0 spiro atoms. The number of amides is 1. The number of nitrogens with one attached hydrogen (secondary N) is 1. The lowest BCUT2D eigenvalue weighted by Crippen LogP contribution is -2.44. The fourth-order valence-electron chi connectivity index (χ4n) is 2.15. The summed E-state index contributed by atoms with van der Waals surface area (Å²) in [5.41, 5.74) is -3.37. The summed E-state index contributed by atoms with van der Waals surface area (Å²) in [7, 11) is 0. The van der Waals surface area contributed by atoms with Crippen LogP contribution in [0.4, 0.5) is 23.2 Å². The molecule has 2 aromatic rings. The predicted octanol–water partition coefficient (Wildman–Crippen LogP) is 3.81. The average molecular weight is 345 g/mol. The molecule has 8 heteroatoms. The van der Waals surface area contributed by atoms with E-state index in [1.165, 1.54) is 32.0 Å². The van der Waals surface area contributed by atoms with Gasteiger partial charge in [-0.05, 0) is 38.1 Å². The molecule has 0 saturated heterocycles. The van der Waals surface area contributed by atoms with Gasteiger partial charge in [-0.15, -0.1) is 0 Å². The molecule has 1 amide bonds. The average Bonchev–Trinajstić information content (AvgIpc) is 2.89. The third-order valence-corrected chi connectivity index (χ3v) is 3.58. The monoisotopic (exact) mass is 345 g/mol. The van der Waals surface area contributed by atoms with Gasteiger partial charge in [-0.2, -0.15) is 13.2 Å². The molecule has 1 aromatic heterocycles. The fourth-order valence-corrected chi connectivity index (χ4v) is 2.15. The number of carbonyl (C=O) groups excluding carboxylic acids is 1. The molecule has 1 unspecified atom stereocenters. The van der Waals surface area contributed by atoms with Crippen LogP contribution in [0.25, 0.3) is 0 Å². The zero-order valence-corrected chi connectivity index (χ0v) is 12.9. The minimum atomic E-state index is -5.13. The Labute approximate surface area is 135 Å². The Hall–Kier alpha value is -2.35. The summed E-state index contributed by atoms with van der Waals surface area (Å²) < 4.78 is 58.2. The number of anilines is 1. The van der Waals surface area contributed by atoms with Crippen LogP contribution in [-0.4, -0.2) is 17.2 Å². The lowest BCUT2D eigenvalue weighted by Gasteiger charge is -2.28. The first-order valence-corrected chi connectivity index (χ1v) is 6.95. The van der Waals surface area contributed by atoms with E-state index in [2.05, 4.69) is 5.32 Å². The summed E-state index contributed by atoms with van der Waals surface area (Å²) in [6, 6.07) is 6.02. The maximum absolute atomic E-state index is 13.4. The van der Waals surface area contributed by atoms with Crippen LogP contribution in [0, 0.1) is 19.7 Å². The number of aryl methyl sites for hydroxylation is 1. The summed E-state index contributed by atoms with van der Waals surface area (Å²) in [5, 5.41) is 12.2. The second-order valence-corrected chi connectivity index (χ2v) is 5.41. The lowest BCUT2D eigenvalue weighted by molar-refractivity contribution is -0.272. The molecule has 4 nitrogen and oxygen atoms in total. The number of benzene rings is 1. The van der Waals surface area contributed by atoms with Gasteiger partial charge in [0.15, 0.2) is 0 Å². The number of carbonyl (C=O) groups is 1. The molecule has 24 heavy (non-hydrogen) atoms. The first-order chi connectivity index (χ1) is 11.0. The number of hydrogen-bond donors (Lipinski definition) is 2. The minimum Gasteiger partial charge on any atom is -0.463 e. The van der Waals surface area contributed by atoms with E-state index in [9.17, 15) is 27.5 Å². The second-order valence-electron chi connectivity index (χ2n) is 5.41. The van der Waals surface area contributed by atoms with E-state index < -0.39 is 35.7 Å². The number of aliphatic hydroxyl groups is 1. The largest absolute Gasteiger partial charge is 0.463 e. The van der Waals surface area contributed by atoms with Crippen LogP contribution in [0.5, 0.6) is 0 Å². The van der Waals surface area contributed by atoms with Crippen molar-refractivity contribution in [2.45, 2.75) is 32.0 Å². The van der Waals surface area contributed by atoms with Crippen molar-refractivity contribution in [2.75, 3.05) is 5.32 Å². The molecule has 0 aliphatic heterocycles. The highest BCUT2D eigenvalue weighted by Crippen LogP contribution is 2.42. The molecule has 0 fully saturated rings. The molecule has 0 radical (unpaired) electrons. The number of alkyl halides is 3. The molecule has 1 heterocycles. The SMILES string of the molecule is Cc1ccc(C(O)(CC(=O)Nc2cccc(F)c2C)C(F)(F)F)o1. The van der Waals surface area contributed by atoms with Crippen molar-refractivity contribution >= 4 is 11.6 Å². The fraction of sp³-hybridized carbons (Fsp3) is 0.312. The van der Waals surface area contributed by atoms with Gasteiger partial charge in [0.05, 0.1) is 6.42 Å². The van der Waals surface area contributed by atoms with Crippen LogP contribution in [0.1, 0.15) is 23.5 Å². The van der Waals surface area contributed by atoms with Crippen LogP contribution in [0.3, 0.4) is 0 Å². The van der Waals surface area contributed by atoms with Gasteiger partial charge in [0.25, 0.3) is 0 Å². The van der Waals surface area contributed by atoms with E-state index in [-0.39, 0.29) is 17.0 Å². The Balaban J connectivity index is 2.27. The third-order valence-electron chi connectivity index (χ3n) is 3.58. The van der Waals surface area contributed by atoms with Gasteiger partial charge in [-0.3, -0.25) is 4.79 Å². The van der Waals surface area contributed by atoms with Crippen molar-refractivity contribution in [1.82, 2.24) is 0 Å². The van der Waals surface area contributed by atoms with E-state index in [0.29, 0.717) is 0 Å². The Morgan fingerprint density at radius 2 is 1.88 bits per heavy atom. The molecule has 0 aliphatic carbocycles. The van der Waals surface area contributed by atoms with Crippen molar-refractivity contribution in [1.29, 1.82) is 0 Å². The van der Waals surface area contributed by atoms with E-state index in [4.69, 9.17) is 4.42 Å². The Kier molecular flexibility index (Phi) is 4.70. The minimum absolute atomic E-state index is 0.0279. The van der Waals surface area contributed by atoms with Crippen molar-refractivity contribution in [3.63, 3.8) is 0 Å². The maximum atomic E-state index is 13.4. The van der Waals surface area contributed by atoms with Crippen molar-refractivity contribution in [3.05, 3.63) is 53.2 Å². The molecule has 1 aromatic carbocycles. The molecule has 1 atom stereocenters. The number of furan rings is 1. The highest BCUT2D eigenvalue weighted by molar-refractivity contribution is 5.92. The third kappa shape index (κ3) is 3.43. The molecule has 0 saturated carbocycles. The topological polar surface area (TPSA) is 62.5 Å². The first-order valence-electron chi connectivity index (χ1n) is 6.95. The van der Waals surface area contributed by atoms with Crippen LogP contribution >= 0.6 is 0 Å². The number of halogens is 4. The summed E-state index contributed by atoms with van der Waals surface area (Å²) in [4.78, 5) is 12.0. The number of rotatable bonds is 4. The van der Waals surface area contributed by atoms with E-state index in [1.807, 2.05) is 0 Å².